The third-order valence-electron chi connectivity index (χ3n) is 2.90. The fourth-order valence-electron chi connectivity index (χ4n) is 1.79. The lowest BCUT2D eigenvalue weighted by Gasteiger charge is -2.05. The van der Waals surface area contributed by atoms with Gasteiger partial charge in [0.25, 0.3) is 0 Å². The van der Waals surface area contributed by atoms with Gasteiger partial charge in [0.05, 0.1) is 5.56 Å². The Labute approximate surface area is 112 Å². The van der Waals surface area contributed by atoms with Gasteiger partial charge in [0.1, 0.15) is 11.6 Å². The first-order chi connectivity index (χ1) is 9.38. The van der Waals surface area contributed by atoms with E-state index in [0.717, 1.165) is 24.3 Å². The molecule has 0 radical (unpaired) electrons. The summed E-state index contributed by atoms with van der Waals surface area (Å²) >= 11 is 0. The zero-order valence-electron chi connectivity index (χ0n) is 10.5. The second kappa shape index (κ2) is 5.45. The number of hydrogen-bond donors (Lipinski definition) is 0. The third kappa shape index (κ3) is 2.87. The van der Waals surface area contributed by atoms with Gasteiger partial charge in [-0.25, -0.2) is 17.6 Å². The van der Waals surface area contributed by atoms with Crippen molar-refractivity contribution >= 4 is 5.78 Å². The Morgan fingerprint density at radius 3 is 2.25 bits per heavy atom. The standard InChI is InChI=1S/C15H10F4O/c1-8-4-13(18)10(7-12(8)17)15(20)6-9-2-3-11(16)14(19)5-9/h2-5,7H,6H2,1H3. The van der Waals surface area contributed by atoms with Crippen LogP contribution in [0.25, 0.3) is 0 Å². The van der Waals surface area contributed by atoms with Gasteiger partial charge in [0, 0.05) is 6.42 Å². The molecule has 0 aliphatic rings. The molecule has 0 unspecified atom stereocenters. The molecule has 0 saturated carbocycles. The summed E-state index contributed by atoms with van der Waals surface area (Å²) in [5, 5.41) is 0. The Morgan fingerprint density at radius 1 is 0.900 bits per heavy atom. The highest BCUT2D eigenvalue weighted by molar-refractivity contribution is 5.97. The molecule has 0 heterocycles. The van der Waals surface area contributed by atoms with E-state index in [1.807, 2.05) is 0 Å². The Hall–Kier alpha value is -2.17. The lowest BCUT2D eigenvalue weighted by atomic mass is 10.0. The van der Waals surface area contributed by atoms with Gasteiger partial charge in [0.15, 0.2) is 17.4 Å². The highest BCUT2D eigenvalue weighted by atomic mass is 19.2. The van der Waals surface area contributed by atoms with Gasteiger partial charge in [-0.2, -0.15) is 0 Å². The number of rotatable bonds is 3. The topological polar surface area (TPSA) is 17.1 Å². The summed E-state index contributed by atoms with van der Waals surface area (Å²) in [5.41, 5.74) is -0.126. The molecule has 0 N–H and O–H groups in total. The van der Waals surface area contributed by atoms with Crippen molar-refractivity contribution in [3.63, 3.8) is 0 Å². The fourth-order valence-corrected chi connectivity index (χ4v) is 1.79. The van der Waals surface area contributed by atoms with E-state index in [-0.39, 0.29) is 17.5 Å². The van der Waals surface area contributed by atoms with Crippen molar-refractivity contribution in [3.05, 3.63) is 70.3 Å². The maximum absolute atomic E-state index is 13.6. The predicted molar refractivity (Wildman–Crippen MR) is 65.5 cm³/mol. The summed E-state index contributed by atoms with van der Waals surface area (Å²) < 4.78 is 52.7. The van der Waals surface area contributed by atoms with Crippen molar-refractivity contribution in [1.29, 1.82) is 0 Å². The van der Waals surface area contributed by atoms with Gasteiger partial charge < -0.3 is 0 Å². The molecule has 2 aromatic rings. The van der Waals surface area contributed by atoms with Gasteiger partial charge in [-0.15, -0.1) is 0 Å². The van der Waals surface area contributed by atoms with E-state index >= 15 is 0 Å². The molecule has 2 aromatic carbocycles. The largest absolute Gasteiger partial charge is 0.294 e. The van der Waals surface area contributed by atoms with Crippen LogP contribution in [-0.4, -0.2) is 5.78 Å². The first-order valence-electron chi connectivity index (χ1n) is 5.81. The quantitative estimate of drug-likeness (QED) is 0.615. The van der Waals surface area contributed by atoms with Gasteiger partial charge in [0.2, 0.25) is 0 Å². The third-order valence-corrected chi connectivity index (χ3v) is 2.90. The monoisotopic (exact) mass is 282 g/mol. The van der Waals surface area contributed by atoms with Crippen molar-refractivity contribution < 1.29 is 22.4 Å². The normalized spacial score (nSPS) is 10.7. The number of carbonyl (C=O) groups is 1. The average molecular weight is 282 g/mol. The van der Waals surface area contributed by atoms with Crippen LogP contribution in [0.4, 0.5) is 17.6 Å². The number of ketones is 1. The van der Waals surface area contributed by atoms with Gasteiger partial charge in [-0.3, -0.25) is 4.79 Å². The SMILES string of the molecule is Cc1cc(F)c(C(=O)Cc2ccc(F)c(F)c2)cc1F. The number of benzene rings is 2. The van der Waals surface area contributed by atoms with Crippen LogP contribution in [0.1, 0.15) is 21.5 Å². The van der Waals surface area contributed by atoms with Crippen molar-refractivity contribution in [2.75, 3.05) is 0 Å². The van der Waals surface area contributed by atoms with Crippen LogP contribution >= 0.6 is 0 Å². The molecule has 104 valence electrons. The fraction of sp³-hybridized carbons (Fsp3) is 0.133. The van der Waals surface area contributed by atoms with E-state index in [1.54, 1.807) is 0 Å². The van der Waals surface area contributed by atoms with Crippen LogP contribution in [0.15, 0.2) is 30.3 Å². The molecule has 2 rings (SSSR count). The van der Waals surface area contributed by atoms with Crippen LogP contribution in [-0.2, 0) is 6.42 Å². The lowest BCUT2D eigenvalue weighted by Crippen LogP contribution is -2.08. The highest BCUT2D eigenvalue weighted by Gasteiger charge is 2.16. The molecular weight excluding hydrogens is 272 g/mol. The van der Waals surface area contributed by atoms with Crippen molar-refractivity contribution in [3.8, 4) is 0 Å². The van der Waals surface area contributed by atoms with Gasteiger partial charge in [-0.1, -0.05) is 6.07 Å². The van der Waals surface area contributed by atoms with E-state index in [2.05, 4.69) is 0 Å². The smallest absolute Gasteiger partial charge is 0.170 e. The molecular formula is C15H10F4O. The van der Waals surface area contributed by atoms with E-state index in [9.17, 15) is 22.4 Å². The average Bonchev–Trinajstić information content (AvgIpc) is 2.38. The van der Waals surface area contributed by atoms with E-state index in [4.69, 9.17) is 0 Å². The summed E-state index contributed by atoms with van der Waals surface area (Å²) in [6, 6.07) is 4.69. The summed E-state index contributed by atoms with van der Waals surface area (Å²) in [6.45, 7) is 1.38. The van der Waals surface area contributed by atoms with Crippen LogP contribution in [0, 0.1) is 30.2 Å². The molecule has 0 bridgehead atoms. The van der Waals surface area contributed by atoms with Crippen LogP contribution in [0.5, 0.6) is 0 Å². The van der Waals surface area contributed by atoms with Crippen LogP contribution in [0.2, 0.25) is 0 Å². The molecule has 1 nitrogen and oxygen atoms in total. The molecule has 0 aliphatic carbocycles. The summed E-state index contributed by atoms with van der Waals surface area (Å²) in [5.74, 6) is -4.36. The molecule has 0 spiro atoms. The highest BCUT2D eigenvalue weighted by Crippen LogP contribution is 2.17. The molecule has 0 saturated heterocycles. The first-order valence-corrected chi connectivity index (χ1v) is 5.81. The number of carbonyl (C=O) groups excluding carboxylic acids is 1. The summed E-state index contributed by atoms with van der Waals surface area (Å²) in [6.07, 6.45) is -0.337. The number of halogens is 4. The minimum absolute atomic E-state index is 0.0897. The van der Waals surface area contributed by atoms with E-state index < -0.39 is 34.6 Å². The lowest BCUT2D eigenvalue weighted by molar-refractivity contribution is 0.0988. The molecule has 20 heavy (non-hydrogen) atoms. The number of Topliss-reactive ketones (excluding diaryl/α,β-unsaturated/α-hetero) is 1. The van der Waals surface area contributed by atoms with E-state index in [1.165, 1.54) is 13.0 Å². The van der Waals surface area contributed by atoms with Crippen molar-refractivity contribution in [2.45, 2.75) is 13.3 Å². The Bertz CT molecular complexity index is 680. The molecule has 0 atom stereocenters. The van der Waals surface area contributed by atoms with Crippen molar-refractivity contribution in [1.82, 2.24) is 0 Å². The zero-order chi connectivity index (χ0) is 14.9. The minimum atomic E-state index is -1.09. The molecule has 0 fully saturated rings. The molecule has 0 aromatic heterocycles. The molecule has 0 aliphatic heterocycles. The summed E-state index contributed by atoms with van der Waals surface area (Å²) in [4.78, 5) is 11.9. The predicted octanol–water partition coefficient (Wildman–Crippen LogP) is 3.98. The first kappa shape index (κ1) is 14.2. The minimum Gasteiger partial charge on any atom is -0.294 e. The van der Waals surface area contributed by atoms with Gasteiger partial charge in [-0.05, 0) is 42.3 Å². The second-order valence-electron chi connectivity index (χ2n) is 4.43. The maximum atomic E-state index is 13.6. The Morgan fingerprint density at radius 2 is 1.60 bits per heavy atom. The molecule has 0 amide bonds. The maximum Gasteiger partial charge on any atom is 0.170 e. The van der Waals surface area contributed by atoms with Crippen molar-refractivity contribution in [2.24, 2.45) is 0 Å². The summed E-state index contributed by atoms with van der Waals surface area (Å²) in [7, 11) is 0. The second-order valence-corrected chi connectivity index (χ2v) is 4.43. The van der Waals surface area contributed by atoms with Gasteiger partial charge >= 0.3 is 0 Å². The Kier molecular flexibility index (Phi) is 3.88. The molecule has 5 heteroatoms. The van der Waals surface area contributed by atoms with Crippen LogP contribution in [0.3, 0.4) is 0 Å². The zero-order valence-corrected chi connectivity index (χ0v) is 10.5. The van der Waals surface area contributed by atoms with Crippen LogP contribution < -0.4 is 0 Å². The number of aryl methyl sites for hydroxylation is 1. The van der Waals surface area contributed by atoms with E-state index in [0.29, 0.717) is 0 Å². The Balaban J connectivity index is 2.28. The number of hydrogen-bond acceptors (Lipinski definition) is 1.